The zero-order valence-corrected chi connectivity index (χ0v) is 34.5. The molecule has 1 aliphatic heterocycles. The summed E-state index contributed by atoms with van der Waals surface area (Å²) in [5.41, 5.74) is 5.02. The summed E-state index contributed by atoms with van der Waals surface area (Å²) in [6.07, 6.45) is 2.00. The molecule has 318 valence electrons. The number of ether oxygens (including phenoxy) is 2. The van der Waals surface area contributed by atoms with Gasteiger partial charge in [-0.1, -0.05) is 48.9 Å². The number of benzene rings is 2. The van der Waals surface area contributed by atoms with E-state index in [0.29, 0.717) is 24.4 Å². The molecule has 0 spiro atoms. The van der Waals surface area contributed by atoms with Crippen LogP contribution >= 0.6 is 11.6 Å². The lowest BCUT2D eigenvalue weighted by molar-refractivity contribution is -0.139. The van der Waals surface area contributed by atoms with Crippen LogP contribution in [0.15, 0.2) is 60.9 Å². The van der Waals surface area contributed by atoms with Crippen molar-refractivity contribution in [1.29, 1.82) is 0 Å². The molecule has 3 aromatic rings. The topological polar surface area (TPSA) is 202 Å². The second-order valence-corrected chi connectivity index (χ2v) is 18.3. The molecular weight excluding hydrogens is 788 g/mol. The van der Waals surface area contributed by atoms with Crippen LogP contribution in [0.25, 0.3) is 11.1 Å². The third kappa shape index (κ3) is 11.3. The van der Waals surface area contributed by atoms with Crippen LogP contribution in [-0.4, -0.2) is 136 Å². The van der Waals surface area contributed by atoms with Crippen molar-refractivity contribution < 1.29 is 48.2 Å². The van der Waals surface area contributed by atoms with Crippen LogP contribution in [0, 0.1) is 0 Å². The van der Waals surface area contributed by atoms with Gasteiger partial charge in [0.05, 0.1) is 31.7 Å². The van der Waals surface area contributed by atoms with E-state index >= 15 is 0 Å². The summed E-state index contributed by atoms with van der Waals surface area (Å²) in [6, 6.07) is 16.2. The van der Waals surface area contributed by atoms with Crippen molar-refractivity contribution >= 4 is 27.5 Å². The summed E-state index contributed by atoms with van der Waals surface area (Å²) in [5, 5.41) is 54.7. The zero-order valence-electron chi connectivity index (χ0n) is 33.0. The quantitative estimate of drug-likeness (QED) is 0.0866. The minimum absolute atomic E-state index is 0.0410. The Labute approximate surface area is 345 Å². The fourth-order valence-corrected chi connectivity index (χ4v) is 9.01. The zero-order chi connectivity index (χ0) is 41.5. The van der Waals surface area contributed by atoms with Crippen molar-refractivity contribution in [2.45, 2.75) is 100 Å². The lowest BCUT2D eigenvalue weighted by Gasteiger charge is -2.31. The molecule has 2 saturated carbocycles. The number of rotatable bonds is 22. The van der Waals surface area contributed by atoms with Gasteiger partial charge in [0.2, 0.25) is 15.9 Å². The number of hydrogen-bond acceptors (Lipinski definition) is 12. The maximum atomic E-state index is 13.6. The average molecular weight is 845 g/mol. The highest BCUT2D eigenvalue weighted by Crippen LogP contribution is 2.50. The molecular formula is C42H57ClN4O10S. The van der Waals surface area contributed by atoms with Crippen LogP contribution in [0.1, 0.15) is 74.5 Å². The Hall–Kier alpha value is -3.22. The van der Waals surface area contributed by atoms with E-state index in [9.17, 15) is 38.7 Å². The minimum atomic E-state index is -3.76. The minimum Gasteiger partial charge on any atom is -0.490 e. The lowest BCUT2D eigenvalue weighted by atomic mass is 9.93. The van der Waals surface area contributed by atoms with Gasteiger partial charge in [0.1, 0.15) is 30.2 Å². The summed E-state index contributed by atoms with van der Waals surface area (Å²) in [7, 11) is -3.76. The van der Waals surface area contributed by atoms with E-state index in [1.54, 1.807) is 0 Å². The van der Waals surface area contributed by atoms with Crippen LogP contribution in [0.2, 0.25) is 5.02 Å². The normalized spacial score (nSPS) is 19.5. The first kappa shape index (κ1) is 44.3. The molecule has 5 unspecified atom stereocenters. The number of sulfonamides is 1. The summed E-state index contributed by atoms with van der Waals surface area (Å²) >= 11 is 6.75. The fourth-order valence-electron chi connectivity index (χ4n) is 7.41. The van der Waals surface area contributed by atoms with Gasteiger partial charge in [-0.15, -0.1) is 0 Å². The van der Waals surface area contributed by atoms with Crippen molar-refractivity contribution in [1.82, 2.24) is 19.5 Å². The maximum absolute atomic E-state index is 13.6. The Morgan fingerprint density at radius 3 is 2.48 bits per heavy atom. The summed E-state index contributed by atoms with van der Waals surface area (Å²) in [6.45, 7) is 1.92. The van der Waals surface area contributed by atoms with Crippen molar-refractivity contribution in [3.63, 3.8) is 0 Å². The maximum Gasteiger partial charge on any atom is 0.222 e. The highest BCUT2D eigenvalue weighted by atomic mass is 35.5. The monoisotopic (exact) mass is 844 g/mol. The summed E-state index contributed by atoms with van der Waals surface area (Å²) < 4.78 is 39.0. The molecule has 16 heteroatoms. The molecule has 58 heavy (non-hydrogen) atoms. The van der Waals surface area contributed by atoms with E-state index in [0.717, 1.165) is 59.3 Å². The van der Waals surface area contributed by atoms with Gasteiger partial charge in [-0.2, -0.15) is 4.31 Å². The van der Waals surface area contributed by atoms with Gasteiger partial charge in [0.15, 0.2) is 0 Å². The highest BCUT2D eigenvalue weighted by molar-refractivity contribution is 7.89. The molecule has 1 saturated heterocycles. The molecule has 0 radical (unpaired) electrons. The van der Waals surface area contributed by atoms with Gasteiger partial charge in [0.25, 0.3) is 0 Å². The second-order valence-electron chi connectivity index (χ2n) is 15.8. The predicted molar refractivity (Wildman–Crippen MR) is 219 cm³/mol. The molecule has 2 aliphatic carbocycles. The largest absolute Gasteiger partial charge is 0.490 e. The smallest absolute Gasteiger partial charge is 0.222 e. The molecule has 2 heterocycles. The first-order valence-corrected chi connectivity index (χ1v) is 22.2. The van der Waals surface area contributed by atoms with Gasteiger partial charge in [-0.3, -0.25) is 9.78 Å². The number of nitrogens with zero attached hydrogens (tertiary/aromatic N) is 3. The lowest BCUT2D eigenvalue weighted by Crippen LogP contribution is -2.51. The number of carbonyl (C=O) groups is 1. The van der Waals surface area contributed by atoms with Crippen LogP contribution < -0.4 is 10.1 Å². The number of aromatic nitrogens is 1. The van der Waals surface area contributed by atoms with E-state index in [2.05, 4.69) is 35.4 Å². The molecule has 5 atom stereocenters. The number of hydrogen-bond donors (Lipinski definition) is 6. The number of morpholine rings is 1. The molecule has 14 nitrogen and oxygen atoms in total. The Morgan fingerprint density at radius 1 is 1.05 bits per heavy atom. The van der Waals surface area contributed by atoms with Gasteiger partial charge in [0, 0.05) is 67.7 Å². The SMILES string of the molecule is CC(CCCC(=O)N(CCS(=O)(=O)N1CCOCC1)CC(O)C(O)C(O)C(O)CO)c1ccc(Cl)c(CNC2(c3cnccc3-c3ccccc3OC3CC3)CC2)c1. The van der Waals surface area contributed by atoms with Crippen LogP contribution in [0.5, 0.6) is 5.75 Å². The Bertz CT molecular complexity index is 1940. The molecule has 3 aliphatic rings. The molecule has 3 fully saturated rings. The molecule has 2 aromatic carbocycles. The van der Waals surface area contributed by atoms with Crippen LogP contribution in [0.4, 0.5) is 0 Å². The first-order valence-electron chi connectivity index (χ1n) is 20.2. The van der Waals surface area contributed by atoms with Gasteiger partial charge < -0.3 is 45.2 Å². The highest BCUT2D eigenvalue weighted by Gasteiger charge is 2.46. The standard InChI is InChI=1S/C42H57ClN4O10S/c1-28(5-4-8-39(51)46(26-36(49)40(52)41(53)37(50)27-48)19-22-58(54,55)47-17-20-56-21-18-47)29-9-12-35(43)30(23-29)24-45-42(14-15-42)34-25-44-16-13-32(34)33-6-2-3-7-38(33)57-31-10-11-31/h2-3,6-7,9,12-13,16,23,25,28,31,36-37,40-41,45,48-50,52-53H,4-5,8,10-11,14-15,17-22,24,26-27H2,1H3. The third-order valence-corrected chi connectivity index (χ3v) is 13.7. The first-order chi connectivity index (χ1) is 27.8. The van der Waals surface area contributed by atoms with Crippen molar-refractivity contribution in [3.05, 3.63) is 82.6 Å². The van der Waals surface area contributed by atoms with Crippen LogP contribution in [-0.2, 0) is 31.6 Å². The molecule has 6 N–H and O–H groups in total. The van der Waals surface area contributed by atoms with Crippen molar-refractivity contribution in [2.24, 2.45) is 0 Å². The Balaban J connectivity index is 1.07. The van der Waals surface area contributed by atoms with E-state index < -0.39 is 59.3 Å². The van der Waals surface area contributed by atoms with Gasteiger partial charge in [-0.25, -0.2) is 8.42 Å². The molecule has 0 bridgehead atoms. The average Bonchev–Trinajstić information content (AvgIpc) is 4.19. The molecule has 6 rings (SSSR count). The number of nitrogens with one attached hydrogen (secondary N) is 1. The predicted octanol–water partition coefficient (Wildman–Crippen LogP) is 2.92. The number of aliphatic hydroxyl groups excluding tert-OH is 5. The Kier molecular flexibility index (Phi) is 15.2. The van der Waals surface area contributed by atoms with Crippen molar-refractivity contribution in [2.75, 3.05) is 51.8 Å². The van der Waals surface area contributed by atoms with Crippen molar-refractivity contribution in [3.8, 4) is 16.9 Å². The summed E-state index contributed by atoms with van der Waals surface area (Å²) in [4.78, 5) is 19.2. The van der Waals surface area contributed by atoms with Crippen LogP contribution in [0.3, 0.4) is 0 Å². The number of amides is 1. The fraction of sp³-hybridized carbons (Fsp3) is 0.571. The second kappa shape index (κ2) is 19.9. The van der Waals surface area contributed by atoms with Gasteiger partial charge >= 0.3 is 0 Å². The number of halogens is 1. The number of aliphatic hydroxyl groups is 5. The van der Waals surface area contributed by atoms with E-state index in [1.807, 2.05) is 42.7 Å². The molecule has 1 amide bonds. The third-order valence-electron chi connectivity index (χ3n) is 11.4. The van der Waals surface area contributed by atoms with E-state index in [1.165, 1.54) is 9.21 Å². The summed E-state index contributed by atoms with van der Waals surface area (Å²) in [5.74, 6) is 0.0898. The van der Waals surface area contributed by atoms with E-state index in [-0.39, 0.29) is 56.8 Å². The molecule has 1 aromatic heterocycles. The number of carbonyl (C=O) groups excluding carboxylic acids is 1. The number of para-hydroxylation sites is 1. The van der Waals surface area contributed by atoms with E-state index in [4.69, 9.17) is 21.1 Å². The Morgan fingerprint density at radius 2 is 1.78 bits per heavy atom. The number of pyridine rings is 1. The van der Waals surface area contributed by atoms with Gasteiger partial charge in [-0.05, 0) is 84.9 Å².